The first-order chi connectivity index (χ1) is 8.83. The number of thiophene rings is 1. The summed E-state index contributed by atoms with van der Waals surface area (Å²) in [5.74, 6) is 4.26. The zero-order chi connectivity index (χ0) is 12.1. The van der Waals surface area contributed by atoms with Crippen LogP contribution in [0.2, 0.25) is 0 Å². The average Bonchev–Trinajstić information content (AvgIpc) is 3.11. The van der Waals surface area contributed by atoms with Gasteiger partial charge in [-0.25, -0.2) is 0 Å². The van der Waals surface area contributed by atoms with Crippen molar-refractivity contribution < 1.29 is 0 Å². The Morgan fingerprint density at radius 2 is 2.11 bits per heavy atom. The summed E-state index contributed by atoms with van der Waals surface area (Å²) < 4.78 is 0. The Balaban J connectivity index is 1.45. The minimum absolute atomic E-state index is 0.542. The maximum atomic E-state index is 3.93. The van der Waals surface area contributed by atoms with Gasteiger partial charge in [0.2, 0.25) is 0 Å². The van der Waals surface area contributed by atoms with E-state index in [2.05, 4.69) is 29.1 Å². The third-order valence-corrected chi connectivity index (χ3v) is 6.64. The van der Waals surface area contributed by atoms with Crippen LogP contribution in [0.25, 0.3) is 0 Å². The van der Waals surface area contributed by atoms with Crippen LogP contribution in [-0.2, 0) is 0 Å². The third kappa shape index (κ3) is 1.69. The van der Waals surface area contributed by atoms with E-state index < -0.39 is 0 Å². The van der Waals surface area contributed by atoms with Gasteiger partial charge in [-0.15, -0.1) is 0 Å². The van der Waals surface area contributed by atoms with E-state index in [4.69, 9.17) is 0 Å². The molecule has 6 unspecified atom stereocenters. The van der Waals surface area contributed by atoms with Crippen molar-refractivity contribution in [3.8, 4) is 0 Å². The molecule has 1 nitrogen and oxygen atoms in total. The van der Waals surface area contributed by atoms with Crippen molar-refractivity contribution in [2.24, 2.45) is 23.7 Å². The van der Waals surface area contributed by atoms with Crippen LogP contribution in [-0.4, -0.2) is 6.04 Å². The van der Waals surface area contributed by atoms with Gasteiger partial charge in [0.1, 0.15) is 0 Å². The molecule has 3 aliphatic rings. The van der Waals surface area contributed by atoms with Gasteiger partial charge >= 0.3 is 0 Å². The predicted octanol–water partition coefficient (Wildman–Crippen LogP) is 4.22. The van der Waals surface area contributed by atoms with E-state index in [-0.39, 0.29) is 0 Å². The molecule has 0 aliphatic heterocycles. The monoisotopic (exact) mass is 261 g/mol. The van der Waals surface area contributed by atoms with E-state index >= 15 is 0 Å². The zero-order valence-electron chi connectivity index (χ0n) is 11.1. The molecule has 4 rings (SSSR count). The summed E-state index contributed by atoms with van der Waals surface area (Å²) in [6.45, 7) is 2.33. The second-order valence-corrected chi connectivity index (χ2v) is 7.49. The lowest BCUT2D eigenvalue weighted by molar-refractivity contribution is 0.200. The topological polar surface area (TPSA) is 12.0 Å². The van der Waals surface area contributed by atoms with E-state index in [1.165, 1.54) is 31.2 Å². The van der Waals surface area contributed by atoms with E-state index in [9.17, 15) is 0 Å². The quantitative estimate of drug-likeness (QED) is 0.859. The summed E-state index contributed by atoms with van der Waals surface area (Å²) in [6, 6.07) is 3.62. The van der Waals surface area contributed by atoms with Gasteiger partial charge in [0.15, 0.2) is 0 Å². The van der Waals surface area contributed by atoms with E-state index in [1.807, 2.05) is 11.3 Å². The van der Waals surface area contributed by atoms with Crippen molar-refractivity contribution in [2.45, 2.75) is 51.1 Å². The highest BCUT2D eigenvalue weighted by Crippen LogP contribution is 2.58. The first-order valence-corrected chi connectivity index (χ1v) is 8.55. The van der Waals surface area contributed by atoms with E-state index in [0.717, 1.165) is 29.7 Å². The van der Waals surface area contributed by atoms with Gasteiger partial charge in [0, 0.05) is 12.1 Å². The molecular weight excluding hydrogens is 238 g/mol. The van der Waals surface area contributed by atoms with Gasteiger partial charge in [-0.2, -0.15) is 11.3 Å². The maximum absolute atomic E-state index is 3.93. The summed E-state index contributed by atoms with van der Waals surface area (Å²) in [7, 11) is 0. The molecule has 2 heteroatoms. The number of rotatable bonds is 3. The SMILES string of the molecule is CC(NC1CC2CC1C1CCCC21)c1ccsc1. The van der Waals surface area contributed by atoms with Crippen LogP contribution in [0.1, 0.15) is 50.6 Å². The Morgan fingerprint density at radius 1 is 1.22 bits per heavy atom. The molecule has 0 saturated heterocycles. The number of hydrogen-bond donors (Lipinski definition) is 1. The zero-order valence-corrected chi connectivity index (χ0v) is 12.0. The molecule has 0 amide bonds. The Kier molecular flexibility index (Phi) is 2.77. The van der Waals surface area contributed by atoms with Crippen molar-refractivity contribution in [1.29, 1.82) is 0 Å². The Hall–Kier alpha value is -0.340. The highest BCUT2D eigenvalue weighted by molar-refractivity contribution is 7.07. The highest BCUT2D eigenvalue weighted by Gasteiger charge is 2.53. The van der Waals surface area contributed by atoms with Crippen LogP contribution in [0.4, 0.5) is 0 Å². The van der Waals surface area contributed by atoms with Crippen molar-refractivity contribution in [2.75, 3.05) is 0 Å². The van der Waals surface area contributed by atoms with Gasteiger partial charge in [-0.05, 0) is 78.7 Å². The van der Waals surface area contributed by atoms with Crippen LogP contribution < -0.4 is 5.32 Å². The highest BCUT2D eigenvalue weighted by atomic mass is 32.1. The van der Waals surface area contributed by atoms with Gasteiger partial charge in [-0.3, -0.25) is 0 Å². The van der Waals surface area contributed by atoms with E-state index in [0.29, 0.717) is 6.04 Å². The van der Waals surface area contributed by atoms with Crippen LogP contribution >= 0.6 is 11.3 Å². The van der Waals surface area contributed by atoms with Gasteiger partial charge in [-0.1, -0.05) is 6.42 Å². The van der Waals surface area contributed by atoms with E-state index in [1.54, 1.807) is 6.42 Å². The second-order valence-electron chi connectivity index (χ2n) is 6.71. The molecule has 1 heterocycles. The second kappa shape index (κ2) is 4.35. The number of nitrogens with one attached hydrogen (secondary N) is 1. The molecular formula is C16H23NS. The summed E-state index contributed by atoms with van der Waals surface area (Å²) in [6.07, 6.45) is 7.56. The van der Waals surface area contributed by atoms with Crippen LogP contribution in [0.5, 0.6) is 0 Å². The van der Waals surface area contributed by atoms with Crippen molar-refractivity contribution in [3.05, 3.63) is 22.4 Å². The van der Waals surface area contributed by atoms with Crippen LogP contribution in [0, 0.1) is 23.7 Å². The first kappa shape index (κ1) is 11.5. The summed E-state index contributed by atoms with van der Waals surface area (Å²) >= 11 is 1.82. The predicted molar refractivity (Wildman–Crippen MR) is 76.7 cm³/mol. The van der Waals surface area contributed by atoms with Crippen LogP contribution in [0.15, 0.2) is 16.8 Å². The Labute approximate surface area is 114 Å². The molecule has 3 aliphatic carbocycles. The van der Waals surface area contributed by atoms with Crippen molar-refractivity contribution in [3.63, 3.8) is 0 Å². The minimum Gasteiger partial charge on any atom is -0.307 e. The normalized spacial score (nSPS) is 43.3. The van der Waals surface area contributed by atoms with Gasteiger partial charge < -0.3 is 5.32 Å². The molecule has 98 valence electrons. The maximum Gasteiger partial charge on any atom is 0.0302 e. The summed E-state index contributed by atoms with van der Waals surface area (Å²) in [5.41, 5.74) is 1.48. The lowest BCUT2D eigenvalue weighted by Crippen LogP contribution is -2.40. The molecule has 18 heavy (non-hydrogen) atoms. The van der Waals surface area contributed by atoms with Crippen molar-refractivity contribution >= 4 is 11.3 Å². The fraction of sp³-hybridized carbons (Fsp3) is 0.750. The molecule has 1 N–H and O–H groups in total. The lowest BCUT2D eigenvalue weighted by atomic mass is 9.79. The Morgan fingerprint density at radius 3 is 2.94 bits per heavy atom. The standard InChI is InChI=1S/C16H23NS/c1-10(11-5-6-18-9-11)17-16-8-12-7-15(16)14-4-2-3-13(12)14/h5-6,9-10,12-17H,2-4,7-8H2,1H3. The number of fused-ring (bicyclic) bond motifs is 5. The van der Waals surface area contributed by atoms with Crippen LogP contribution in [0.3, 0.4) is 0 Å². The summed E-state index contributed by atoms with van der Waals surface area (Å²) in [4.78, 5) is 0. The molecule has 0 spiro atoms. The minimum atomic E-state index is 0.542. The molecule has 0 aromatic carbocycles. The lowest BCUT2D eigenvalue weighted by Gasteiger charge is -2.34. The molecule has 6 atom stereocenters. The molecule has 0 radical (unpaired) electrons. The molecule has 3 saturated carbocycles. The first-order valence-electron chi connectivity index (χ1n) is 7.61. The molecule has 2 bridgehead atoms. The smallest absolute Gasteiger partial charge is 0.0302 e. The Bertz CT molecular complexity index is 413. The number of hydrogen-bond acceptors (Lipinski definition) is 2. The molecule has 3 fully saturated rings. The van der Waals surface area contributed by atoms with Crippen molar-refractivity contribution in [1.82, 2.24) is 5.32 Å². The summed E-state index contributed by atoms with van der Waals surface area (Å²) in [5, 5.41) is 8.42. The fourth-order valence-corrected chi connectivity index (χ4v) is 5.95. The average molecular weight is 261 g/mol. The van der Waals surface area contributed by atoms with Gasteiger partial charge in [0.05, 0.1) is 0 Å². The van der Waals surface area contributed by atoms with Gasteiger partial charge in [0.25, 0.3) is 0 Å². The molecule has 1 aromatic rings. The largest absolute Gasteiger partial charge is 0.307 e. The fourth-order valence-electron chi connectivity index (χ4n) is 5.20. The third-order valence-electron chi connectivity index (χ3n) is 5.94. The molecule has 1 aromatic heterocycles.